The number of carbonyl (C=O) groups excluding carboxylic acids is 1. The fraction of sp³-hybridized carbons (Fsp3) is 0.581. The molecule has 1 unspecified atom stereocenters. The third-order valence-corrected chi connectivity index (χ3v) is 12.5. The molecule has 6 atom stereocenters. The van der Waals surface area contributed by atoms with Crippen molar-refractivity contribution in [2.45, 2.75) is 74.6 Å². The lowest BCUT2D eigenvalue weighted by molar-refractivity contribution is -0.0314. The first-order chi connectivity index (χ1) is 19.2. The third kappa shape index (κ3) is 4.51. The maximum Gasteiger partial charge on any atom is 0.264 e. The molecule has 0 aromatic heterocycles. The largest absolute Gasteiger partial charge is 0.490 e. The number of aliphatic hydroxyl groups excluding tert-OH is 1. The van der Waals surface area contributed by atoms with Gasteiger partial charge in [-0.3, -0.25) is 4.79 Å². The van der Waals surface area contributed by atoms with Crippen LogP contribution in [0, 0.1) is 17.8 Å². The van der Waals surface area contributed by atoms with Gasteiger partial charge in [-0.2, -0.15) is 0 Å². The van der Waals surface area contributed by atoms with Crippen LogP contribution in [-0.2, 0) is 21.9 Å². The van der Waals surface area contributed by atoms with Gasteiger partial charge in [0.25, 0.3) is 5.91 Å². The van der Waals surface area contributed by atoms with Crippen LogP contribution >= 0.6 is 11.6 Å². The zero-order valence-corrected chi connectivity index (χ0v) is 24.2. The van der Waals surface area contributed by atoms with E-state index in [0.717, 1.165) is 68.7 Å². The number of amides is 1. The summed E-state index contributed by atoms with van der Waals surface area (Å²) in [6, 6.07) is 11.5. The Balaban J connectivity index is 1.32. The molecule has 4 bridgehead atoms. The highest BCUT2D eigenvalue weighted by atomic mass is 35.5. The molecule has 7 nitrogen and oxygen atoms in total. The van der Waals surface area contributed by atoms with Crippen molar-refractivity contribution in [2.75, 3.05) is 24.6 Å². The van der Waals surface area contributed by atoms with E-state index in [1.54, 1.807) is 12.1 Å². The number of benzene rings is 2. The zero-order valence-electron chi connectivity index (χ0n) is 22.6. The highest BCUT2D eigenvalue weighted by Gasteiger charge is 2.46. The molecule has 0 saturated heterocycles. The van der Waals surface area contributed by atoms with Crippen LogP contribution < -0.4 is 14.4 Å². The van der Waals surface area contributed by atoms with E-state index < -0.39 is 27.3 Å². The molecule has 2 heterocycles. The summed E-state index contributed by atoms with van der Waals surface area (Å²) in [5.74, 6) is 0.471. The van der Waals surface area contributed by atoms with Crippen LogP contribution in [0.5, 0.6) is 5.75 Å². The molecule has 2 aromatic carbocycles. The number of fused-ring (bicyclic) bond motifs is 6. The number of nitrogens with zero attached hydrogens (tertiary/aromatic N) is 1. The van der Waals surface area contributed by atoms with E-state index in [1.165, 1.54) is 11.1 Å². The number of aryl methyl sites for hydroxylation is 1. The van der Waals surface area contributed by atoms with E-state index >= 15 is 0 Å². The molecule has 9 heteroatoms. The van der Waals surface area contributed by atoms with Gasteiger partial charge in [0, 0.05) is 29.1 Å². The lowest BCUT2D eigenvalue weighted by atomic mass is 9.65. The maximum absolute atomic E-state index is 13.3. The minimum atomic E-state index is -3.87. The summed E-state index contributed by atoms with van der Waals surface area (Å²) in [5, 5.41) is 11.6. The number of nitrogens with one attached hydrogen (secondary N) is 1. The van der Waals surface area contributed by atoms with Gasteiger partial charge in [-0.15, -0.1) is 0 Å². The van der Waals surface area contributed by atoms with Crippen molar-refractivity contribution in [2.24, 2.45) is 17.8 Å². The number of sulfonamides is 1. The van der Waals surface area contributed by atoms with Crippen molar-refractivity contribution in [3.63, 3.8) is 0 Å². The normalized spacial score (nSPS) is 34.7. The van der Waals surface area contributed by atoms with E-state index in [-0.39, 0.29) is 17.3 Å². The third-order valence-electron chi connectivity index (χ3n) is 10.5. The Bertz CT molecular complexity index is 1450. The molecule has 1 spiro atoms. The molecule has 2 aromatic rings. The minimum Gasteiger partial charge on any atom is -0.490 e. The molecule has 5 aliphatic rings. The SMILES string of the molecule is O=C1NS(=O)(=O)[C@H]2CCCC(C2)[C@H](O)[C@@H]2CC[C@H]2CN2C[C@@]3(CCCc4cc(Cl)ccc43)COc3ccc1cc32. The maximum atomic E-state index is 13.3. The van der Waals surface area contributed by atoms with Gasteiger partial charge in [0.05, 0.1) is 23.6 Å². The number of halogens is 1. The number of rotatable bonds is 0. The number of hydrogen-bond donors (Lipinski definition) is 2. The van der Waals surface area contributed by atoms with Gasteiger partial charge in [-0.05, 0) is 111 Å². The van der Waals surface area contributed by atoms with Crippen molar-refractivity contribution >= 4 is 33.2 Å². The lowest BCUT2D eigenvalue weighted by Crippen LogP contribution is -2.51. The fourth-order valence-electron chi connectivity index (χ4n) is 8.20. The lowest BCUT2D eigenvalue weighted by Gasteiger charge is -2.47. The van der Waals surface area contributed by atoms with Gasteiger partial charge >= 0.3 is 0 Å². The van der Waals surface area contributed by atoms with Crippen molar-refractivity contribution < 1.29 is 23.1 Å². The molecule has 214 valence electrons. The van der Waals surface area contributed by atoms with E-state index in [2.05, 4.69) is 21.8 Å². The Morgan fingerprint density at radius 2 is 1.93 bits per heavy atom. The van der Waals surface area contributed by atoms with Crippen LogP contribution in [0.4, 0.5) is 5.69 Å². The summed E-state index contributed by atoms with van der Waals surface area (Å²) in [6.07, 6.45) is 6.96. The molecule has 2 fully saturated rings. The first-order valence-corrected chi connectivity index (χ1v) is 16.7. The van der Waals surface area contributed by atoms with Crippen LogP contribution in [-0.4, -0.2) is 50.5 Å². The molecule has 1 amide bonds. The van der Waals surface area contributed by atoms with E-state index in [4.69, 9.17) is 16.3 Å². The van der Waals surface area contributed by atoms with Crippen LogP contribution in [0.3, 0.4) is 0 Å². The van der Waals surface area contributed by atoms with Crippen LogP contribution in [0.2, 0.25) is 5.02 Å². The average Bonchev–Trinajstić information content (AvgIpc) is 3.07. The fourth-order valence-corrected chi connectivity index (χ4v) is 9.92. The summed E-state index contributed by atoms with van der Waals surface area (Å²) < 4.78 is 35.5. The first-order valence-electron chi connectivity index (χ1n) is 14.8. The summed E-state index contributed by atoms with van der Waals surface area (Å²) in [5.41, 5.74) is 3.45. The molecular formula is C31H37ClN2O5S. The summed E-state index contributed by atoms with van der Waals surface area (Å²) in [6.45, 7) is 2.01. The van der Waals surface area contributed by atoms with Gasteiger partial charge in [0.2, 0.25) is 10.0 Å². The highest BCUT2D eigenvalue weighted by Crippen LogP contribution is 2.48. The molecular weight excluding hydrogens is 548 g/mol. The van der Waals surface area contributed by atoms with E-state index in [9.17, 15) is 18.3 Å². The van der Waals surface area contributed by atoms with E-state index in [1.807, 2.05) is 12.1 Å². The first kappa shape index (κ1) is 26.6. The second kappa shape index (κ2) is 9.92. The molecule has 3 aliphatic carbocycles. The number of aliphatic hydroxyl groups is 1. The zero-order chi connectivity index (χ0) is 27.6. The molecule has 0 radical (unpaired) electrons. The molecule has 7 rings (SSSR count). The number of hydrogen-bond acceptors (Lipinski definition) is 6. The van der Waals surface area contributed by atoms with Crippen molar-refractivity contribution in [1.29, 1.82) is 0 Å². The van der Waals surface area contributed by atoms with Crippen LogP contribution in [0.25, 0.3) is 0 Å². The smallest absolute Gasteiger partial charge is 0.264 e. The van der Waals surface area contributed by atoms with E-state index in [0.29, 0.717) is 36.7 Å². The standard InChI is InChI=1S/C31H37ClN2O5S/c32-23-8-10-26-19(13-23)4-2-12-31(26)17-34-16-22-6-9-25(22)29(35)20-3-1-5-24(14-20)40(37,38)33-30(36)21-7-11-28(39-18-31)27(34)15-21/h7-8,10-11,13,15,20,22,24-25,29,35H,1-6,9,12,14,16-18H2,(H,33,36)/t20?,22-,24-,25+,29-,31-/m0/s1. The number of ether oxygens (including phenoxy) is 1. The average molecular weight is 585 g/mol. The number of anilines is 1. The highest BCUT2D eigenvalue weighted by molar-refractivity contribution is 7.90. The second-order valence-electron chi connectivity index (χ2n) is 12.8. The molecule has 2 aliphatic heterocycles. The van der Waals surface area contributed by atoms with Gasteiger partial charge in [0.15, 0.2) is 0 Å². The Kier molecular flexibility index (Phi) is 6.59. The Morgan fingerprint density at radius 3 is 2.75 bits per heavy atom. The summed E-state index contributed by atoms with van der Waals surface area (Å²) >= 11 is 6.38. The Labute approximate surface area is 241 Å². The predicted molar refractivity (Wildman–Crippen MR) is 155 cm³/mol. The Morgan fingerprint density at radius 1 is 1.05 bits per heavy atom. The Hall–Kier alpha value is -2.29. The molecule has 2 saturated carbocycles. The molecule has 2 N–H and O–H groups in total. The van der Waals surface area contributed by atoms with Gasteiger partial charge in [-0.1, -0.05) is 24.1 Å². The van der Waals surface area contributed by atoms with Crippen molar-refractivity contribution in [3.8, 4) is 5.75 Å². The van der Waals surface area contributed by atoms with Crippen LogP contribution in [0.1, 0.15) is 72.9 Å². The van der Waals surface area contributed by atoms with Gasteiger partial charge in [0.1, 0.15) is 5.75 Å². The van der Waals surface area contributed by atoms with Gasteiger partial charge < -0.3 is 14.7 Å². The minimum absolute atomic E-state index is 0.0664. The summed E-state index contributed by atoms with van der Waals surface area (Å²) in [7, 11) is -3.87. The monoisotopic (exact) mass is 584 g/mol. The van der Waals surface area contributed by atoms with Crippen LogP contribution in [0.15, 0.2) is 36.4 Å². The van der Waals surface area contributed by atoms with Gasteiger partial charge in [-0.25, -0.2) is 13.1 Å². The molecule has 40 heavy (non-hydrogen) atoms. The second-order valence-corrected chi connectivity index (χ2v) is 15.2. The summed E-state index contributed by atoms with van der Waals surface area (Å²) in [4.78, 5) is 15.7. The predicted octanol–water partition coefficient (Wildman–Crippen LogP) is 4.83. The van der Waals surface area contributed by atoms with Crippen molar-refractivity contribution in [3.05, 3.63) is 58.1 Å². The quantitative estimate of drug-likeness (QED) is 0.460. The number of carbonyl (C=O) groups is 1. The van der Waals surface area contributed by atoms with Crippen molar-refractivity contribution in [1.82, 2.24) is 4.72 Å². The topological polar surface area (TPSA) is 95.9 Å².